The molecule has 2 aromatic rings. The molecule has 2 heterocycles. The molecule has 17 heavy (non-hydrogen) atoms. The monoisotopic (exact) mass is 253 g/mol. The van der Waals surface area contributed by atoms with Crippen LogP contribution in [0.25, 0.3) is 11.0 Å². The molecule has 0 fully saturated rings. The van der Waals surface area contributed by atoms with Gasteiger partial charge in [-0.3, -0.25) is 0 Å². The number of fused-ring (bicyclic) bond motifs is 1. The molecule has 0 aliphatic carbocycles. The van der Waals surface area contributed by atoms with Crippen molar-refractivity contribution in [1.82, 2.24) is 14.8 Å². The molecule has 7 heteroatoms. The third-order valence-electron chi connectivity index (χ3n) is 2.42. The van der Waals surface area contributed by atoms with Crippen molar-refractivity contribution in [2.75, 3.05) is 0 Å². The summed E-state index contributed by atoms with van der Waals surface area (Å²) in [7, 11) is -1.55. The molecule has 0 aliphatic heterocycles. The van der Waals surface area contributed by atoms with Crippen molar-refractivity contribution < 1.29 is 10.0 Å². The third-order valence-corrected chi connectivity index (χ3v) is 2.79. The van der Waals surface area contributed by atoms with Crippen molar-refractivity contribution in [2.45, 2.75) is 26.3 Å². The molecule has 2 N–H and O–H groups in total. The maximum atomic E-state index is 9.09. The normalized spacial score (nSPS) is 12.1. The first-order chi connectivity index (χ1) is 7.80. The number of hydrogen-bond donors (Lipinski definition) is 2. The second kappa shape index (κ2) is 3.98. The molecule has 2 rings (SSSR count). The average Bonchev–Trinajstić information content (AvgIpc) is 2.55. The Balaban J connectivity index is 2.67. The van der Waals surface area contributed by atoms with Gasteiger partial charge in [-0.05, 0) is 26.8 Å². The highest BCUT2D eigenvalue weighted by Crippen LogP contribution is 2.26. The van der Waals surface area contributed by atoms with Crippen LogP contribution < -0.4 is 5.46 Å². The van der Waals surface area contributed by atoms with Gasteiger partial charge >= 0.3 is 7.12 Å². The molecule has 2 aromatic heterocycles. The highest BCUT2D eigenvalue weighted by atomic mass is 35.5. The zero-order valence-electron chi connectivity index (χ0n) is 9.85. The molecule has 0 radical (unpaired) electrons. The van der Waals surface area contributed by atoms with Crippen LogP contribution in [0.3, 0.4) is 0 Å². The molecule has 0 unspecified atom stereocenters. The Hall–Kier alpha value is -1.11. The summed E-state index contributed by atoms with van der Waals surface area (Å²) in [5, 5.41) is 23.5. The van der Waals surface area contributed by atoms with Crippen LogP contribution in [0.2, 0.25) is 5.15 Å². The molecule has 0 spiro atoms. The topological polar surface area (TPSA) is 71.2 Å². The Morgan fingerprint density at radius 2 is 2.00 bits per heavy atom. The molecule has 0 atom stereocenters. The van der Waals surface area contributed by atoms with Crippen LogP contribution in [-0.2, 0) is 5.54 Å². The fraction of sp³-hybridized carbons (Fsp3) is 0.400. The van der Waals surface area contributed by atoms with E-state index in [4.69, 9.17) is 21.6 Å². The van der Waals surface area contributed by atoms with Gasteiger partial charge in [-0.25, -0.2) is 9.67 Å². The van der Waals surface area contributed by atoms with Gasteiger partial charge in [0.15, 0.2) is 5.65 Å². The van der Waals surface area contributed by atoms with Crippen molar-refractivity contribution in [3.63, 3.8) is 0 Å². The summed E-state index contributed by atoms with van der Waals surface area (Å²) in [6.07, 6.45) is 1.38. The van der Waals surface area contributed by atoms with Crippen molar-refractivity contribution in [3.05, 3.63) is 17.4 Å². The maximum absolute atomic E-state index is 9.09. The predicted molar refractivity (Wildman–Crippen MR) is 67.4 cm³/mol. The Bertz CT molecular complexity index is 562. The lowest BCUT2D eigenvalue weighted by atomic mass is 9.81. The third kappa shape index (κ3) is 2.16. The predicted octanol–water partition coefficient (Wildman–Crippen LogP) is 0.519. The number of nitrogens with zero attached hydrogens (tertiary/aromatic N) is 3. The van der Waals surface area contributed by atoms with Gasteiger partial charge in [0, 0.05) is 11.7 Å². The number of pyridine rings is 1. The Morgan fingerprint density at radius 3 is 2.53 bits per heavy atom. The fourth-order valence-corrected chi connectivity index (χ4v) is 1.97. The van der Waals surface area contributed by atoms with Crippen molar-refractivity contribution in [3.8, 4) is 0 Å². The molecule has 0 saturated carbocycles. The summed E-state index contributed by atoms with van der Waals surface area (Å²) in [6.45, 7) is 5.94. The van der Waals surface area contributed by atoms with E-state index in [0.717, 1.165) is 0 Å². The molecule has 0 aliphatic rings. The molecular weight excluding hydrogens is 240 g/mol. The van der Waals surface area contributed by atoms with Crippen molar-refractivity contribution in [2.24, 2.45) is 0 Å². The van der Waals surface area contributed by atoms with Gasteiger partial charge in [0.2, 0.25) is 0 Å². The summed E-state index contributed by atoms with van der Waals surface area (Å²) in [5.41, 5.74) is 0.539. The molecule has 0 amide bonds. The minimum Gasteiger partial charge on any atom is -0.423 e. The summed E-state index contributed by atoms with van der Waals surface area (Å²) in [6, 6.07) is 1.59. The number of hydrogen-bond acceptors (Lipinski definition) is 4. The van der Waals surface area contributed by atoms with Crippen LogP contribution >= 0.6 is 11.6 Å². The first-order valence-electron chi connectivity index (χ1n) is 5.21. The van der Waals surface area contributed by atoms with Crippen LogP contribution in [0.4, 0.5) is 0 Å². The zero-order chi connectivity index (χ0) is 12.8. The van der Waals surface area contributed by atoms with E-state index in [0.29, 0.717) is 21.6 Å². The van der Waals surface area contributed by atoms with E-state index in [2.05, 4.69) is 10.1 Å². The summed E-state index contributed by atoms with van der Waals surface area (Å²) in [4.78, 5) is 4.06. The fourth-order valence-electron chi connectivity index (χ4n) is 1.54. The molecule has 5 nitrogen and oxygen atoms in total. The van der Waals surface area contributed by atoms with Gasteiger partial charge in [0.05, 0.1) is 10.9 Å². The summed E-state index contributed by atoms with van der Waals surface area (Å²) < 4.78 is 1.67. The quantitative estimate of drug-likeness (QED) is 0.727. The van der Waals surface area contributed by atoms with Gasteiger partial charge in [-0.1, -0.05) is 11.6 Å². The highest BCUT2D eigenvalue weighted by molar-refractivity contribution is 6.58. The van der Waals surface area contributed by atoms with E-state index in [1.807, 2.05) is 20.8 Å². The Kier molecular flexibility index (Phi) is 2.89. The Morgan fingerprint density at radius 1 is 1.35 bits per heavy atom. The summed E-state index contributed by atoms with van der Waals surface area (Å²) >= 11 is 6.22. The number of halogens is 1. The lowest BCUT2D eigenvalue weighted by Crippen LogP contribution is -2.29. The molecule has 0 aromatic carbocycles. The van der Waals surface area contributed by atoms with E-state index >= 15 is 0 Å². The second-order valence-electron chi connectivity index (χ2n) is 4.89. The van der Waals surface area contributed by atoms with E-state index in [1.165, 1.54) is 6.20 Å². The van der Waals surface area contributed by atoms with Crippen LogP contribution in [-0.4, -0.2) is 31.9 Å². The minimum atomic E-state index is -1.55. The number of aromatic nitrogens is 3. The van der Waals surface area contributed by atoms with E-state index < -0.39 is 7.12 Å². The standard InChI is InChI=1S/C10H13BClN3O2/c1-10(2,3)15-8(12)7-4-6(11(16)17)5-13-9(7)14-15/h4-5,16-17H,1-3H3. The summed E-state index contributed by atoms with van der Waals surface area (Å²) in [5.74, 6) is 0. The molecule has 0 saturated heterocycles. The van der Waals surface area contributed by atoms with E-state index in [-0.39, 0.29) is 5.54 Å². The average molecular weight is 253 g/mol. The zero-order valence-corrected chi connectivity index (χ0v) is 10.6. The first kappa shape index (κ1) is 12.4. The molecular formula is C10H13BClN3O2. The van der Waals surface area contributed by atoms with E-state index in [1.54, 1.807) is 10.7 Å². The van der Waals surface area contributed by atoms with Gasteiger partial charge in [-0.2, -0.15) is 5.10 Å². The van der Waals surface area contributed by atoms with Crippen LogP contribution in [0.15, 0.2) is 12.3 Å². The SMILES string of the molecule is CC(C)(C)n1nc2ncc(B(O)O)cc2c1Cl. The number of rotatable bonds is 1. The van der Waals surface area contributed by atoms with Crippen molar-refractivity contribution in [1.29, 1.82) is 0 Å². The highest BCUT2D eigenvalue weighted by Gasteiger charge is 2.22. The van der Waals surface area contributed by atoms with Gasteiger partial charge < -0.3 is 10.0 Å². The smallest absolute Gasteiger partial charge is 0.423 e. The molecule has 90 valence electrons. The largest absolute Gasteiger partial charge is 0.490 e. The molecule has 0 bridgehead atoms. The van der Waals surface area contributed by atoms with Gasteiger partial charge in [-0.15, -0.1) is 0 Å². The van der Waals surface area contributed by atoms with Gasteiger partial charge in [0.25, 0.3) is 0 Å². The second-order valence-corrected chi connectivity index (χ2v) is 5.24. The van der Waals surface area contributed by atoms with Crippen LogP contribution in [0, 0.1) is 0 Å². The first-order valence-corrected chi connectivity index (χ1v) is 5.59. The maximum Gasteiger partial charge on any atom is 0.490 e. The van der Waals surface area contributed by atoms with Gasteiger partial charge in [0.1, 0.15) is 5.15 Å². The Labute approximate surface area is 104 Å². The lowest BCUT2D eigenvalue weighted by molar-refractivity contribution is 0.358. The lowest BCUT2D eigenvalue weighted by Gasteiger charge is -2.19. The van der Waals surface area contributed by atoms with Crippen LogP contribution in [0.5, 0.6) is 0 Å². The van der Waals surface area contributed by atoms with E-state index in [9.17, 15) is 0 Å². The minimum absolute atomic E-state index is 0.254. The van der Waals surface area contributed by atoms with Crippen LogP contribution in [0.1, 0.15) is 20.8 Å². The van der Waals surface area contributed by atoms with Crippen molar-refractivity contribution >= 4 is 35.2 Å².